The van der Waals surface area contributed by atoms with Gasteiger partial charge in [0.15, 0.2) is 0 Å². The number of carbonyl (C=O) groups is 2. The Labute approximate surface area is 109 Å². The Morgan fingerprint density at radius 3 is 2.26 bits per heavy atom. The summed E-state index contributed by atoms with van der Waals surface area (Å²) >= 11 is 0. The van der Waals surface area contributed by atoms with E-state index in [2.05, 4.69) is 0 Å². The molecule has 1 saturated heterocycles. The average Bonchev–Trinajstić information content (AvgIpc) is 2.58. The fourth-order valence-corrected chi connectivity index (χ4v) is 2.69. The fourth-order valence-electron chi connectivity index (χ4n) is 2.69. The summed E-state index contributed by atoms with van der Waals surface area (Å²) in [6.45, 7) is 4.90. The van der Waals surface area contributed by atoms with Gasteiger partial charge in [-0.3, -0.25) is 4.90 Å². The standard InChI is InChI=1S/C12H17F2NO4/c1-10(2,3)19-9(18)15-5-4-11(6-12(11,13)14)7(15)8(16)17/h7H,4-6H2,1-3H3,(H,16,17)/t7?,11-/m1/s1. The van der Waals surface area contributed by atoms with Crippen molar-refractivity contribution in [1.82, 2.24) is 4.90 Å². The Hall–Kier alpha value is -1.40. The van der Waals surface area contributed by atoms with Gasteiger partial charge in [0, 0.05) is 13.0 Å². The lowest BCUT2D eigenvalue weighted by Crippen LogP contribution is -2.47. The molecule has 1 saturated carbocycles. The summed E-state index contributed by atoms with van der Waals surface area (Å²) in [4.78, 5) is 24.1. The number of halogens is 2. The van der Waals surface area contributed by atoms with Gasteiger partial charge in [0.05, 0.1) is 5.41 Å². The van der Waals surface area contributed by atoms with E-state index < -0.39 is 41.5 Å². The predicted octanol–water partition coefficient (Wildman–Crippen LogP) is 2.11. The Morgan fingerprint density at radius 1 is 1.37 bits per heavy atom. The van der Waals surface area contributed by atoms with E-state index in [-0.39, 0.29) is 13.0 Å². The van der Waals surface area contributed by atoms with Crippen molar-refractivity contribution in [3.8, 4) is 0 Å². The molecule has 0 bridgehead atoms. The van der Waals surface area contributed by atoms with Gasteiger partial charge in [-0.15, -0.1) is 0 Å². The van der Waals surface area contributed by atoms with Gasteiger partial charge in [-0.1, -0.05) is 0 Å². The van der Waals surface area contributed by atoms with Gasteiger partial charge in [0.1, 0.15) is 11.6 Å². The second-order valence-electron chi connectivity index (χ2n) is 6.20. The Morgan fingerprint density at radius 2 is 1.89 bits per heavy atom. The normalized spacial score (nSPS) is 32.5. The van der Waals surface area contributed by atoms with Gasteiger partial charge in [-0.2, -0.15) is 0 Å². The number of hydrogen-bond donors (Lipinski definition) is 1. The molecule has 2 aliphatic rings. The molecule has 1 amide bonds. The molecule has 0 aromatic heterocycles. The van der Waals surface area contributed by atoms with Crippen LogP contribution in [0.5, 0.6) is 0 Å². The van der Waals surface area contributed by atoms with Crippen molar-refractivity contribution in [3.63, 3.8) is 0 Å². The van der Waals surface area contributed by atoms with Gasteiger partial charge < -0.3 is 9.84 Å². The van der Waals surface area contributed by atoms with Crippen molar-refractivity contribution in [1.29, 1.82) is 0 Å². The van der Waals surface area contributed by atoms with E-state index in [1.165, 1.54) is 0 Å². The fraction of sp³-hybridized carbons (Fsp3) is 0.833. The van der Waals surface area contributed by atoms with E-state index in [1.807, 2.05) is 0 Å². The molecule has 0 radical (unpaired) electrons. The first-order valence-electron chi connectivity index (χ1n) is 6.10. The highest BCUT2D eigenvalue weighted by Gasteiger charge is 2.79. The van der Waals surface area contributed by atoms with E-state index in [9.17, 15) is 18.4 Å². The number of nitrogens with zero attached hydrogens (tertiary/aromatic N) is 1. The zero-order valence-corrected chi connectivity index (χ0v) is 11.1. The van der Waals surface area contributed by atoms with Crippen LogP contribution in [0.1, 0.15) is 33.6 Å². The predicted molar refractivity (Wildman–Crippen MR) is 61.0 cm³/mol. The van der Waals surface area contributed by atoms with Crippen LogP contribution in [0.2, 0.25) is 0 Å². The van der Waals surface area contributed by atoms with Crippen LogP contribution in [-0.4, -0.2) is 46.2 Å². The summed E-state index contributed by atoms with van der Waals surface area (Å²) in [5.41, 5.74) is -2.39. The van der Waals surface area contributed by atoms with Crippen LogP contribution in [0.25, 0.3) is 0 Å². The van der Waals surface area contributed by atoms with Crippen molar-refractivity contribution >= 4 is 12.1 Å². The first-order chi connectivity index (χ1) is 8.50. The van der Waals surface area contributed by atoms with Gasteiger partial charge in [-0.25, -0.2) is 18.4 Å². The highest BCUT2D eigenvalue weighted by Crippen LogP contribution is 2.68. The van der Waals surface area contributed by atoms with Crippen molar-refractivity contribution in [3.05, 3.63) is 0 Å². The van der Waals surface area contributed by atoms with Crippen molar-refractivity contribution in [2.45, 2.75) is 51.2 Å². The van der Waals surface area contributed by atoms with E-state index in [1.54, 1.807) is 20.8 Å². The van der Waals surface area contributed by atoms with Crippen LogP contribution in [0, 0.1) is 5.41 Å². The van der Waals surface area contributed by atoms with E-state index in [0.29, 0.717) is 0 Å². The highest BCUT2D eigenvalue weighted by atomic mass is 19.3. The summed E-state index contributed by atoms with van der Waals surface area (Å²) < 4.78 is 31.9. The molecule has 0 aromatic rings. The number of hydrogen-bond acceptors (Lipinski definition) is 3. The zero-order chi connectivity index (χ0) is 14.6. The van der Waals surface area contributed by atoms with E-state index >= 15 is 0 Å². The lowest BCUT2D eigenvalue weighted by Gasteiger charge is -2.28. The van der Waals surface area contributed by atoms with Crippen molar-refractivity contribution < 1.29 is 28.2 Å². The van der Waals surface area contributed by atoms with E-state index in [0.717, 1.165) is 4.90 Å². The topological polar surface area (TPSA) is 66.8 Å². The number of likely N-dealkylation sites (tertiary alicyclic amines) is 1. The van der Waals surface area contributed by atoms with Crippen LogP contribution < -0.4 is 0 Å². The first-order valence-corrected chi connectivity index (χ1v) is 6.10. The third-order valence-electron chi connectivity index (χ3n) is 3.64. The van der Waals surface area contributed by atoms with E-state index in [4.69, 9.17) is 9.84 Å². The van der Waals surface area contributed by atoms with Gasteiger partial charge in [0.2, 0.25) is 0 Å². The molecule has 1 unspecified atom stereocenters. The minimum Gasteiger partial charge on any atom is -0.480 e. The van der Waals surface area contributed by atoms with Gasteiger partial charge in [0.25, 0.3) is 5.92 Å². The number of rotatable bonds is 1. The molecule has 1 aliphatic heterocycles. The number of amides is 1. The number of alkyl halides is 2. The van der Waals surface area contributed by atoms with Crippen molar-refractivity contribution in [2.24, 2.45) is 5.41 Å². The molecule has 1 N–H and O–H groups in total. The summed E-state index contributed by atoms with van der Waals surface area (Å²) in [5, 5.41) is 9.16. The van der Waals surface area contributed by atoms with Crippen LogP contribution >= 0.6 is 0 Å². The molecule has 2 rings (SSSR count). The maximum Gasteiger partial charge on any atom is 0.411 e. The summed E-state index contributed by atoms with van der Waals surface area (Å²) in [5.74, 6) is -4.41. The molecule has 0 aromatic carbocycles. The van der Waals surface area contributed by atoms with Crippen LogP contribution in [-0.2, 0) is 9.53 Å². The molecule has 2 fully saturated rings. The molecule has 2 atom stereocenters. The van der Waals surface area contributed by atoms with Crippen molar-refractivity contribution in [2.75, 3.05) is 6.54 Å². The smallest absolute Gasteiger partial charge is 0.411 e. The maximum absolute atomic E-state index is 13.4. The molecule has 5 nitrogen and oxygen atoms in total. The lowest BCUT2D eigenvalue weighted by atomic mass is 9.96. The third kappa shape index (κ3) is 2.15. The highest BCUT2D eigenvalue weighted by molar-refractivity contribution is 5.83. The van der Waals surface area contributed by atoms with Crippen LogP contribution in [0.15, 0.2) is 0 Å². The van der Waals surface area contributed by atoms with Gasteiger partial charge >= 0.3 is 12.1 Å². The second kappa shape index (κ2) is 3.80. The van der Waals surface area contributed by atoms with Gasteiger partial charge in [-0.05, 0) is 27.2 Å². The molecule has 108 valence electrons. The number of carbonyl (C=O) groups excluding carboxylic acids is 1. The Kier molecular flexibility index (Phi) is 2.80. The number of carboxylic acids is 1. The number of aliphatic carboxylic acids is 1. The Balaban J connectivity index is 2.20. The number of ether oxygens (including phenoxy) is 1. The minimum absolute atomic E-state index is 0.00376. The average molecular weight is 277 g/mol. The van der Waals surface area contributed by atoms with Crippen LogP contribution in [0.4, 0.5) is 13.6 Å². The number of carboxylic acid groups (broad SMARTS) is 1. The minimum atomic E-state index is -3.01. The molecular formula is C12H17F2NO4. The molecule has 1 heterocycles. The molecular weight excluding hydrogens is 260 g/mol. The summed E-state index contributed by atoms with van der Waals surface area (Å²) in [6, 6.07) is -1.50. The monoisotopic (exact) mass is 277 g/mol. The third-order valence-corrected chi connectivity index (χ3v) is 3.64. The zero-order valence-electron chi connectivity index (χ0n) is 11.1. The second-order valence-corrected chi connectivity index (χ2v) is 6.20. The largest absolute Gasteiger partial charge is 0.480 e. The molecule has 1 spiro atoms. The molecule has 19 heavy (non-hydrogen) atoms. The summed E-state index contributed by atoms with van der Waals surface area (Å²) in [7, 11) is 0. The quantitative estimate of drug-likeness (QED) is 0.797. The molecule has 7 heteroatoms. The van der Waals surface area contributed by atoms with Crippen LogP contribution in [0.3, 0.4) is 0 Å². The SMILES string of the molecule is CC(C)(C)OC(=O)N1CC[C@@]2(CC2(F)F)C1C(=O)O. The summed E-state index contributed by atoms with van der Waals surface area (Å²) in [6.07, 6.45) is -1.33. The lowest BCUT2D eigenvalue weighted by molar-refractivity contribution is -0.145. The molecule has 1 aliphatic carbocycles. The maximum atomic E-state index is 13.4. The Bertz CT molecular complexity index is 432. The first kappa shape index (κ1) is 14.0.